The minimum absolute atomic E-state index is 0.0530. The van der Waals surface area contributed by atoms with Gasteiger partial charge in [-0.1, -0.05) is 12.1 Å². The Morgan fingerprint density at radius 1 is 1.28 bits per heavy atom. The molecule has 25 heavy (non-hydrogen) atoms. The summed E-state index contributed by atoms with van der Waals surface area (Å²) in [5.41, 5.74) is 1.61. The minimum atomic E-state index is 0.0530. The van der Waals surface area contributed by atoms with Gasteiger partial charge < -0.3 is 14.4 Å². The first-order valence-corrected chi connectivity index (χ1v) is 8.65. The van der Waals surface area contributed by atoms with Crippen LogP contribution in [-0.2, 0) is 0 Å². The molecule has 1 fully saturated rings. The average molecular weight is 340 g/mol. The van der Waals surface area contributed by atoms with Gasteiger partial charge in [0.05, 0.1) is 13.7 Å². The summed E-state index contributed by atoms with van der Waals surface area (Å²) in [6.07, 6.45) is 2.05. The van der Waals surface area contributed by atoms with Gasteiger partial charge in [-0.15, -0.1) is 0 Å². The van der Waals surface area contributed by atoms with E-state index in [0.29, 0.717) is 36.3 Å². The largest absolute Gasteiger partial charge is 0.497 e. The topological polar surface area (TPSA) is 51.7 Å². The van der Waals surface area contributed by atoms with Gasteiger partial charge in [-0.05, 0) is 44.0 Å². The van der Waals surface area contributed by atoms with Crippen molar-refractivity contribution in [3.05, 3.63) is 53.7 Å². The van der Waals surface area contributed by atoms with Crippen LogP contribution in [0.2, 0.25) is 0 Å². The molecule has 3 rings (SSSR count). The molecule has 0 spiro atoms. The fraction of sp³-hybridized carbons (Fsp3) is 0.400. The van der Waals surface area contributed by atoms with Crippen LogP contribution < -0.4 is 9.47 Å². The first-order chi connectivity index (χ1) is 12.2. The molecule has 0 N–H and O–H groups in total. The maximum Gasteiger partial charge on any atom is 0.253 e. The van der Waals surface area contributed by atoms with Crippen molar-refractivity contribution in [1.29, 1.82) is 0 Å². The first kappa shape index (κ1) is 17.3. The number of benzene rings is 1. The lowest BCUT2D eigenvalue weighted by molar-refractivity contribution is 0.0631. The van der Waals surface area contributed by atoms with E-state index < -0.39 is 0 Å². The minimum Gasteiger partial charge on any atom is -0.497 e. The molecule has 2 aromatic rings. The van der Waals surface area contributed by atoms with Crippen LogP contribution in [0.1, 0.15) is 28.9 Å². The molecule has 132 valence electrons. The van der Waals surface area contributed by atoms with Gasteiger partial charge in [-0.25, -0.2) is 4.98 Å². The predicted octanol–water partition coefficient (Wildman–Crippen LogP) is 3.33. The summed E-state index contributed by atoms with van der Waals surface area (Å²) in [6.45, 7) is 4.03. The van der Waals surface area contributed by atoms with Crippen molar-refractivity contribution in [2.75, 3.05) is 26.8 Å². The summed E-state index contributed by atoms with van der Waals surface area (Å²) in [5.74, 6) is 1.73. The quantitative estimate of drug-likeness (QED) is 0.838. The summed E-state index contributed by atoms with van der Waals surface area (Å²) in [6, 6.07) is 13.1. The lowest BCUT2D eigenvalue weighted by Gasteiger charge is -2.32. The summed E-state index contributed by atoms with van der Waals surface area (Å²) in [4.78, 5) is 19.0. The maximum absolute atomic E-state index is 12.7. The van der Waals surface area contributed by atoms with Crippen molar-refractivity contribution >= 4 is 5.91 Å². The Kier molecular flexibility index (Phi) is 5.53. The standard InChI is InChI=1S/C20H24N2O3/c1-15-6-3-10-19(21-15)25-14-16-7-5-11-22(13-16)20(23)17-8-4-9-18(12-17)24-2/h3-4,6,8-10,12,16H,5,7,11,13-14H2,1-2H3. The van der Waals surface area contributed by atoms with Crippen molar-refractivity contribution in [3.63, 3.8) is 0 Å². The zero-order chi connectivity index (χ0) is 17.6. The molecule has 0 bridgehead atoms. The fourth-order valence-electron chi connectivity index (χ4n) is 3.13. The fourth-order valence-corrected chi connectivity index (χ4v) is 3.13. The molecule has 1 aromatic carbocycles. The van der Waals surface area contributed by atoms with E-state index >= 15 is 0 Å². The Bertz CT molecular complexity index is 732. The number of rotatable bonds is 5. The lowest BCUT2D eigenvalue weighted by atomic mass is 9.98. The number of aromatic nitrogens is 1. The van der Waals surface area contributed by atoms with Crippen molar-refractivity contribution in [3.8, 4) is 11.6 Å². The van der Waals surface area contributed by atoms with Gasteiger partial charge >= 0.3 is 0 Å². The number of amides is 1. The first-order valence-electron chi connectivity index (χ1n) is 8.65. The highest BCUT2D eigenvalue weighted by Crippen LogP contribution is 2.21. The summed E-state index contributed by atoms with van der Waals surface area (Å²) >= 11 is 0. The zero-order valence-electron chi connectivity index (χ0n) is 14.8. The Balaban J connectivity index is 1.59. The molecule has 5 nitrogen and oxygen atoms in total. The second-order valence-corrected chi connectivity index (χ2v) is 6.42. The zero-order valence-corrected chi connectivity index (χ0v) is 14.8. The molecule has 0 radical (unpaired) electrons. The van der Waals surface area contributed by atoms with Crippen LogP contribution in [0.15, 0.2) is 42.5 Å². The van der Waals surface area contributed by atoms with Gasteiger partial charge in [-0.2, -0.15) is 0 Å². The van der Waals surface area contributed by atoms with Gasteiger partial charge in [0.15, 0.2) is 0 Å². The number of carbonyl (C=O) groups excluding carboxylic acids is 1. The molecule has 1 aliphatic rings. The van der Waals surface area contributed by atoms with E-state index in [9.17, 15) is 4.79 Å². The Labute approximate surface area is 148 Å². The summed E-state index contributed by atoms with van der Waals surface area (Å²) in [5, 5.41) is 0. The van der Waals surface area contributed by atoms with Gasteiger partial charge in [0.1, 0.15) is 5.75 Å². The van der Waals surface area contributed by atoms with Crippen molar-refractivity contribution in [2.24, 2.45) is 5.92 Å². The third kappa shape index (κ3) is 4.50. The molecule has 1 amide bonds. The Morgan fingerprint density at radius 3 is 2.92 bits per heavy atom. The number of pyridine rings is 1. The molecule has 1 aliphatic heterocycles. The number of piperidine rings is 1. The molecule has 1 unspecified atom stereocenters. The number of methoxy groups -OCH3 is 1. The maximum atomic E-state index is 12.7. The smallest absolute Gasteiger partial charge is 0.253 e. The van der Waals surface area contributed by atoms with Crippen molar-refractivity contribution in [2.45, 2.75) is 19.8 Å². The molecular formula is C20H24N2O3. The van der Waals surface area contributed by atoms with E-state index in [2.05, 4.69) is 4.98 Å². The van der Waals surface area contributed by atoms with E-state index in [1.165, 1.54) is 0 Å². The van der Waals surface area contributed by atoms with Crippen LogP contribution >= 0.6 is 0 Å². The third-order valence-electron chi connectivity index (χ3n) is 4.45. The highest BCUT2D eigenvalue weighted by atomic mass is 16.5. The third-order valence-corrected chi connectivity index (χ3v) is 4.45. The lowest BCUT2D eigenvalue weighted by Crippen LogP contribution is -2.41. The monoisotopic (exact) mass is 340 g/mol. The summed E-state index contributed by atoms with van der Waals surface area (Å²) in [7, 11) is 1.61. The molecule has 1 aromatic heterocycles. The van der Waals surface area contributed by atoms with Crippen LogP contribution in [0.3, 0.4) is 0 Å². The van der Waals surface area contributed by atoms with Crippen molar-refractivity contribution < 1.29 is 14.3 Å². The predicted molar refractivity (Wildman–Crippen MR) is 96.1 cm³/mol. The number of likely N-dealkylation sites (tertiary alicyclic amines) is 1. The van der Waals surface area contributed by atoms with E-state index in [4.69, 9.17) is 9.47 Å². The molecule has 2 heterocycles. The van der Waals surface area contributed by atoms with Gasteiger partial charge in [0.2, 0.25) is 5.88 Å². The normalized spacial score (nSPS) is 17.2. The molecule has 0 saturated carbocycles. The molecule has 5 heteroatoms. The molecule has 1 saturated heterocycles. The number of hydrogen-bond acceptors (Lipinski definition) is 4. The number of ether oxygens (including phenoxy) is 2. The van der Waals surface area contributed by atoms with E-state index in [0.717, 1.165) is 25.1 Å². The molecule has 0 aliphatic carbocycles. The molecule has 1 atom stereocenters. The van der Waals surface area contributed by atoms with Crippen LogP contribution in [-0.4, -0.2) is 42.6 Å². The van der Waals surface area contributed by atoms with Crippen molar-refractivity contribution in [1.82, 2.24) is 9.88 Å². The highest BCUT2D eigenvalue weighted by Gasteiger charge is 2.25. The van der Waals surface area contributed by atoms with Gasteiger partial charge in [0, 0.05) is 36.3 Å². The number of carbonyl (C=O) groups is 1. The second-order valence-electron chi connectivity index (χ2n) is 6.42. The van der Waals surface area contributed by atoms with Crippen LogP contribution in [0.25, 0.3) is 0 Å². The number of nitrogens with zero attached hydrogens (tertiary/aromatic N) is 2. The van der Waals surface area contributed by atoms with E-state index in [-0.39, 0.29) is 5.91 Å². The van der Waals surface area contributed by atoms with Crippen LogP contribution in [0, 0.1) is 12.8 Å². The van der Waals surface area contributed by atoms with Gasteiger partial charge in [-0.3, -0.25) is 4.79 Å². The SMILES string of the molecule is COc1cccc(C(=O)N2CCCC(COc3cccc(C)n3)C2)c1. The molecular weight excluding hydrogens is 316 g/mol. The van der Waals surface area contributed by atoms with Crippen LogP contribution in [0.4, 0.5) is 0 Å². The number of aryl methyl sites for hydroxylation is 1. The second kappa shape index (κ2) is 8.01. The number of hydrogen-bond donors (Lipinski definition) is 0. The average Bonchev–Trinajstić information content (AvgIpc) is 2.66. The highest BCUT2D eigenvalue weighted by molar-refractivity contribution is 5.94. The Morgan fingerprint density at radius 2 is 2.12 bits per heavy atom. The van der Waals surface area contributed by atoms with E-state index in [1.807, 2.05) is 48.2 Å². The Hall–Kier alpha value is -2.56. The van der Waals surface area contributed by atoms with Gasteiger partial charge in [0.25, 0.3) is 5.91 Å². The summed E-state index contributed by atoms with van der Waals surface area (Å²) < 4.78 is 11.0. The van der Waals surface area contributed by atoms with E-state index in [1.54, 1.807) is 13.2 Å². The van der Waals surface area contributed by atoms with Crippen LogP contribution in [0.5, 0.6) is 11.6 Å².